The Balaban J connectivity index is 2.00. The average Bonchev–Trinajstić information content (AvgIpc) is 2.80. The zero-order valence-electron chi connectivity index (χ0n) is 12.2. The van der Waals surface area contributed by atoms with Gasteiger partial charge in [-0.25, -0.2) is 8.78 Å². The minimum Gasteiger partial charge on any atom is -0.383 e. The molecule has 21 heavy (non-hydrogen) atoms. The molecule has 1 N–H and O–H groups in total. The van der Waals surface area contributed by atoms with E-state index in [9.17, 15) is 8.78 Å². The quantitative estimate of drug-likeness (QED) is 0.796. The van der Waals surface area contributed by atoms with Gasteiger partial charge in [0.25, 0.3) is 0 Å². The second kappa shape index (κ2) is 7.28. The fraction of sp³-hybridized carbons (Fsp3) is 0.400. The first-order chi connectivity index (χ1) is 10.1. The highest BCUT2D eigenvalue weighted by Gasteiger charge is 2.08. The lowest BCUT2D eigenvalue weighted by Gasteiger charge is -2.07. The van der Waals surface area contributed by atoms with Gasteiger partial charge < -0.3 is 10.1 Å². The fourth-order valence-corrected chi connectivity index (χ4v) is 2.03. The first-order valence-electron chi connectivity index (χ1n) is 6.76. The van der Waals surface area contributed by atoms with E-state index >= 15 is 0 Å². The Morgan fingerprint density at radius 3 is 2.81 bits per heavy atom. The molecule has 0 aliphatic heterocycles. The van der Waals surface area contributed by atoms with E-state index in [2.05, 4.69) is 10.4 Å². The van der Waals surface area contributed by atoms with Crippen LogP contribution in [0.15, 0.2) is 24.4 Å². The van der Waals surface area contributed by atoms with Crippen molar-refractivity contribution in [3.63, 3.8) is 0 Å². The Morgan fingerprint density at radius 2 is 2.10 bits per heavy atom. The van der Waals surface area contributed by atoms with Crippen LogP contribution in [0.2, 0.25) is 0 Å². The lowest BCUT2D eigenvalue weighted by Crippen LogP contribution is -2.18. The van der Waals surface area contributed by atoms with Crippen molar-refractivity contribution >= 4 is 0 Å². The van der Waals surface area contributed by atoms with Gasteiger partial charge in [-0.1, -0.05) is 6.07 Å². The van der Waals surface area contributed by atoms with Gasteiger partial charge >= 0.3 is 0 Å². The van der Waals surface area contributed by atoms with E-state index in [1.165, 1.54) is 6.07 Å². The van der Waals surface area contributed by atoms with Crippen LogP contribution in [-0.4, -0.2) is 30.0 Å². The highest BCUT2D eigenvalue weighted by Crippen LogP contribution is 2.13. The number of nitrogens with one attached hydrogen (secondary N) is 1. The molecule has 6 heteroatoms. The number of benzene rings is 1. The summed E-state index contributed by atoms with van der Waals surface area (Å²) in [6.45, 7) is 4.50. The summed E-state index contributed by atoms with van der Waals surface area (Å²) < 4.78 is 32.9. The van der Waals surface area contributed by atoms with Gasteiger partial charge in [-0.2, -0.15) is 5.10 Å². The lowest BCUT2D eigenvalue weighted by molar-refractivity contribution is 0.199. The van der Waals surface area contributed by atoms with E-state index in [0.29, 0.717) is 25.3 Å². The van der Waals surface area contributed by atoms with Crippen LogP contribution in [0.1, 0.15) is 16.8 Å². The summed E-state index contributed by atoms with van der Waals surface area (Å²) in [4.78, 5) is 0. The molecule has 0 spiro atoms. The molecule has 0 radical (unpaired) electrons. The molecule has 0 bridgehead atoms. The van der Waals surface area contributed by atoms with E-state index < -0.39 is 11.6 Å². The summed E-state index contributed by atoms with van der Waals surface area (Å²) in [6.07, 6.45) is 1.79. The molecule has 1 aromatic heterocycles. The van der Waals surface area contributed by atoms with Gasteiger partial charge in [-0.05, 0) is 24.6 Å². The van der Waals surface area contributed by atoms with Crippen molar-refractivity contribution in [3.05, 3.63) is 52.9 Å². The topological polar surface area (TPSA) is 39.1 Å². The van der Waals surface area contributed by atoms with Crippen LogP contribution in [0.5, 0.6) is 0 Å². The first-order valence-corrected chi connectivity index (χ1v) is 6.76. The Bertz CT molecular complexity index is 599. The maximum absolute atomic E-state index is 13.2. The summed E-state index contributed by atoms with van der Waals surface area (Å²) in [5, 5.41) is 7.54. The Hall–Kier alpha value is -1.79. The number of hydrogen-bond acceptors (Lipinski definition) is 3. The van der Waals surface area contributed by atoms with E-state index in [4.69, 9.17) is 4.74 Å². The van der Waals surface area contributed by atoms with Crippen LogP contribution < -0.4 is 5.32 Å². The molecule has 0 unspecified atom stereocenters. The van der Waals surface area contributed by atoms with E-state index in [1.54, 1.807) is 24.1 Å². The zero-order chi connectivity index (χ0) is 15.2. The van der Waals surface area contributed by atoms with Crippen molar-refractivity contribution in [2.24, 2.45) is 0 Å². The van der Waals surface area contributed by atoms with E-state index in [-0.39, 0.29) is 0 Å². The normalized spacial score (nSPS) is 11.0. The second-order valence-corrected chi connectivity index (χ2v) is 4.83. The third-order valence-corrected chi connectivity index (χ3v) is 3.32. The van der Waals surface area contributed by atoms with Gasteiger partial charge in [0.05, 0.1) is 19.3 Å². The molecule has 0 aliphatic rings. The smallest absolute Gasteiger partial charge is 0.159 e. The molecule has 2 aromatic rings. The van der Waals surface area contributed by atoms with Crippen LogP contribution in [-0.2, 0) is 17.8 Å². The summed E-state index contributed by atoms with van der Waals surface area (Å²) >= 11 is 0. The summed E-state index contributed by atoms with van der Waals surface area (Å²) in [5.74, 6) is -1.67. The number of rotatable bonds is 7. The molecule has 114 valence electrons. The lowest BCUT2D eigenvalue weighted by atomic mass is 10.2. The van der Waals surface area contributed by atoms with Crippen LogP contribution in [0.25, 0.3) is 0 Å². The highest BCUT2D eigenvalue weighted by atomic mass is 19.2. The Labute approximate surface area is 122 Å². The molecule has 0 aliphatic carbocycles. The van der Waals surface area contributed by atoms with E-state index in [1.807, 2.05) is 6.92 Å². The standard InChI is InChI=1S/C15H19F2N3O/c1-11-13(8-18-5-6-21-2)9-19-20(11)10-12-3-4-14(16)15(17)7-12/h3-4,7,9,18H,5-6,8,10H2,1-2H3. The zero-order valence-corrected chi connectivity index (χ0v) is 12.2. The molecule has 0 saturated heterocycles. The van der Waals surface area contributed by atoms with Gasteiger partial charge in [0, 0.05) is 31.5 Å². The van der Waals surface area contributed by atoms with Crippen molar-refractivity contribution in [2.75, 3.05) is 20.3 Å². The minimum absolute atomic E-state index is 0.418. The van der Waals surface area contributed by atoms with Crippen LogP contribution in [0.4, 0.5) is 8.78 Å². The first kappa shape index (κ1) is 15.6. The van der Waals surface area contributed by atoms with Crippen molar-refractivity contribution in [1.82, 2.24) is 15.1 Å². The molecular weight excluding hydrogens is 276 g/mol. The maximum atomic E-state index is 13.2. The number of aromatic nitrogens is 2. The molecular formula is C15H19F2N3O. The van der Waals surface area contributed by atoms with Gasteiger partial charge in [0.1, 0.15) is 0 Å². The predicted molar refractivity (Wildman–Crippen MR) is 76.0 cm³/mol. The molecule has 1 heterocycles. The highest BCUT2D eigenvalue weighted by molar-refractivity contribution is 5.21. The third-order valence-electron chi connectivity index (χ3n) is 3.32. The van der Waals surface area contributed by atoms with Gasteiger partial charge in [0.15, 0.2) is 11.6 Å². The van der Waals surface area contributed by atoms with E-state index in [0.717, 1.165) is 23.9 Å². The molecule has 0 atom stereocenters. The third kappa shape index (κ3) is 4.09. The number of ether oxygens (including phenoxy) is 1. The van der Waals surface area contributed by atoms with Crippen LogP contribution in [0, 0.1) is 18.6 Å². The van der Waals surface area contributed by atoms with Crippen LogP contribution in [0.3, 0.4) is 0 Å². The number of methoxy groups -OCH3 is 1. The number of nitrogens with zero attached hydrogens (tertiary/aromatic N) is 2. The van der Waals surface area contributed by atoms with Crippen molar-refractivity contribution in [2.45, 2.75) is 20.0 Å². The molecule has 0 fully saturated rings. The fourth-order valence-electron chi connectivity index (χ4n) is 2.03. The van der Waals surface area contributed by atoms with Crippen molar-refractivity contribution < 1.29 is 13.5 Å². The molecule has 2 rings (SSSR count). The van der Waals surface area contributed by atoms with Crippen molar-refractivity contribution in [3.8, 4) is 0 Å². The average molecular weight is 295 g/mol. The largest absolute Gasteiger partial charge is 0.383 e. The minimum atomic E-state index is -0.834. The van der Waals surface area contributed by atoms with Crippen LogP contribution >= 0.6 is 0 Å². The van der Waals surface area contributed by atoms with Gasteiger partial charge in [0.2, 0.25) is 0 Å². The summed E-state index contributed by atoms with van der Waals surface area (Å²) in [7, 11) is 1.66. The Kier molecular flexibility index (Phi) is 5.41. The molecule has 0 amide bonds. The molecule has 4 nitrogen and oxygen atoms in total. The molecule has 1 aromatic carbocycles. The summed E-state index contributed by atoms with van der Waals surface area (Å²) in [6, 6.07) is 3.90. The SMILES string of the molecule is COCCNCc1cnn(Cc2ccc(F)c(F)c2)c1C. The van der Waals surface area contributed by atoms with Gasteiger partial charge in [-0.3, -0.25) is 4.68 Å². The predicted octanol–water partition coefficient (Wildman–Crippen LogP) is 2.25. The summed E-state index contributed by atoms with van der Waals surface area (Å²) in [5.41, 5.74) is 2.76. The van der Waals surface area contributed by atoms with Crippen molar-refractivity contribution in [1.29, 1.82) is 0 Å². The Morgan fingerprint density at radius 1 is 1.29 bits per heavy atom. The number of hydrogen-bond donors (Lipinski definition) is 1. The second-order valence-electron chi connectivity index (χ2n) is 4.83. The monoisotopic (exact) mass is 295 g/mol. The number of halogens is 2. The molecule has 0 saturated carbocycles. The van der Waals surface area contributed by atoms with Gasteiger partial charge in [-0.15, -0.1) is 0 Å². The maximum Gasteiger partial charge on any atom is 0.159 e.